The number of aryl methyl sites for hydroxylation is 2. The maximum absolute atomic E-state index is 11.6. The van der Waals surface area contributed by atoms with E-state index in [0.717, 1.165) is 22.4 Å². The van der Waals surface area contributed by atoms with Crippen LogP contribution in [0.3, 0.4) is 0 Å². The number of ether oxygens (including phenoxy) is 1. The first-order valence-corrected chi connectivity index (χ1v) is 5.69. The van der Waals surface area contributed by atoms with Crippen molar-refractivity contribution >= 4 is 5.91 Å². The van der Waals surface area contributed by atoms with Gasteiger partial charge >= 0.3 is 0 Å². The largest absolute Gasteiger partial charge is 0.496 e. The van der Waals surface area contributed by atoms with Gasteiger partial charge in [0.1, 0.15) is 5.75 Å². The molecule has 0 atom stereocenters. The van der Waals surface area contributed by atoms with E-state index in [9.17, 15) is 4.79 Å². The van der Waals surface area contributed by atoms with Gasteiger partial charge in [0, 0.05) is 13.1 Å². The predicted octanol–water partition coefficient (Wildman–Crippen LogP) is 0.929. The molecule has 17 heavy (non-hydrogen) atoms. The van der Waals surface area contributed by atoms with E-state index in [1.165, 1.54) is 0 Å². The lowest BCUT2D eigenvalue weighted by Crippen LogP contribution is -2.30. The normalized spacial score (nSPS) is 10.1. The van der Waals surface area contributed by atoms with E-state index >= 15 is 0 Å². The molecular formula is C13H20N2O2. The monoisotopic (exact) mass is 236 g/mol. The Morgan fingerprint density at radius 3 is 2.65 bits per heavy atom. The first-order chi connectivity index (χ1) is 8.08. The Kier molecular flexibility index (Phi) is 4.97. The SMILES string of the molecule is COc1cc(C)c(CC(=O)NCCN)cc1C. The average Bonchev–Trinajstić information content (AvgIpc) is 2.30. The van der Waals surface area contributed by atoms with Crippen LogP contribution in [0.25, 0.3) is 0 Å². The van der Waals surface area contributed by atoms with Crippen LogP contribution in [0, 0.1) is 13.8 Å². The maximum Gasteiger partial charge on any atom is 0.224 e. The number of nitrogens with one attached hydrogen (secondary N) is 1. The summed E-state index contributed by atoms with van der Waals surface area (Å²) in [6.07, 6.45) is 0.386. The van der Waals surface area contributed by atoms with Gasteiger partial charge in [-0.1, -0.05) is 6.07 Å². The number of rotatable bonds is 5. The maximum atomic E-state index is 11.6. The van der Waals surface area contributed by atoms with Crippen LogP contribution in [0.2, 0.25) is 0 Å². The first-order valence-electron chi connectivity index (χ1n) is 5.69. The Balaban J connectivity index is 2.78. The number of amides is 1. The summed E-state index contributed by atoms with van der Waals surface area (Å²) in [6.45, 7) is 4.94. The second-order valence-corrected chi connectivity index (χ2v) is 4.06. The zero-order valence-electron chi connectivity index (χ0n) is 10.7. The zero-order chi connectivity index (χ0) is 12.8. The van der Waals surface area contributed by atoms with Crippen molar-refractivity contribution in [1.29, 1.82) is 0 Å². The summed E-state index contributed by atoms with van der Waals surface area (Å²) in [6, 6.07) is 3.96. The Morgan fingerprint density at radius 2 is 2.06 bits per heavy atom. The zero-order valence-corrected chi connectivity index (χ0v) is 10.7. The van der Waals surface area contributed by atoms with E-state index < -0.39 is 0 Å². The fourth-order valence-corrected chi connectivity index (χ4v) is 1.71. The third-order valence-electron chi connectivity index (χ3n) is 2.67. The third kappa shape index (κ3) is 3.75. The highest BCUT2D eigenvalue weighted by Crippen LogP contribution is 2.22. The van der Waals surface area contributed by atoms with Crippen molar-refractivity contribution in [3.05, 3.63) is 28.8 Å². The number of benzene rings is 1. The molecule has 1 amide bonds. The summed E-state index contributed by atoms with van der Waals surface area (Å²) in [5, 5.41) is 2.76. The van der Waals surface area contributed by atoms with Crippen molar-refractivity contribution in [2.45, 2.75) is 20.3 Å². The highest BCUT2D eigenvalue weighted by Gasteiger charge is 2.08. The Morgan fingerprint density at radius 1 is 1.35 bits per heavy atom. The summed E-state index contributed by atoms with van der Waals surface area (Å²) in [5.41, 5.74) is 8.46. The lowest BCUT2D eigenvalue weighted by atomic mass is 10.0. The van der Waals surface area contributed by atoms with Gasteiger partial charge < -0.3 is 15.8 Å². The van der Waals surface area contributed by atoms with Crippen molar-refractivity contribution in [1.82, 2.24) is 5.32 Å². The molecule has 4 heteroatoms. The van der Waals surface area contributed by atoms with Crippen LogP contribution >= 0.6 is 0 Å². The molecule has 0 aromatic heterocycles. The van der Waals surface area contributed by atoms with Crippen molar-refractivity contribution in [2.75, 3.05) is 20.2 Å². The van der Waals surface area contributed by atoms with Gasteiger partial charge in [-0.15, -0.1) is 0 Å². The lowest BCUT2D eigenvalue weighted by Gasteiger charge is -2.11. The second-order valence-electron chi connectivity index (χ2n) is 4.06. The molecule has 94 valence electrons. The van der Waals surface area contributed by atoms with Crippen LogP contribution in [0.4, 0.5) is 0 Å². The van der Waals surface area contributed by atoms with Crippen LogP contribution in [0.1, 0.15) is 16.7 Å². The van der Waals surface area contributed by atoms with Crippen LogP contribution < -0.4 is 15.8 Å². The van der Waals surface area contributed by atoms with Crippen LogP contribution in [0.5, 0.6) is 5.75 Å². The lowest BCUT2D eigenvalue weighted by molar-refractivity contribution is -0.120. The predicted molar refractivity (Wildman–Crippen MR) is 68.2 cm³/mol. The van der Waals surface area contributed by atoms with Gasteiger partial charge in [0.2, 0.25) is 5.91 Å². The molecule has 0 saturated carbocycles. The van der Waals surface area contributed by atoms with Crippen LogP contribution in [-0.4, -0.2) is 26.1 Å². The summed E-state index contributed by atoms with van der Waals surface area (Å²) in [5.74, 6) is 0.858. The molecule has 1 aromatic carbocycles. The van der Waals surface area contributed by atoms with Crippen molar-refractivity contribution < 1.29 is 9.53 Å². The molecule has 0 heterocycles. The third-order valence-corrected chi connectivity index (χ3v) is 2.67. The van der Waals surface area contributed by atoms with Crippen molar-refractivity contribution in [3.8, 4) is 5.75 Å². The molecule has 0 aliphatic rings. The van der Waals surface area contributed by atoms with E-state index in [0.29, 0.717) is 19.5 Å². The fourth-order valence-electron chi connectivity index (χ4n) is 1.71. The number of methoxy groups -OCH3 is 1. The van der Waals surface area contributed by atoms with E-state index in [4.69, 9.17) is 10.5 Å². The molecule has 0 spiro atoms. The minimum Gasteiger partial charge on any atom is -0.496 e. The minimum absolute atomic E-state index is 0.00289. The molecule has 1 rings (SSSR count). The fraction of sp³-hybridized carbons (Fsp3) is 0.462. The second kappa shape index (κ2) is 6.25. The molecule has 0 unspecified atom stereocenters. The van der Waals surface area contributed by atoms with Gasteiger partial charge in [0.15, 0.2) is 0 Å². The molecule has 1 aromatic rings. The van der Waals surface area contributed by atoms with Gasteiger partial charge in [-0.3, -0.25) is 4.79 Å². The Hall–Kier alpha value is -1.55. The Bertz CT molecular complexity index is 403. The molecule has 0 aliphatic heterocycles. The molecule has 4 nitrogen and oxygen atoms in total. The Labute approximate surface area is 102 Å². The number of nitrogens with two attached hydrogens (primary N) is 1. The average molecular weight is 236 g/mol. The number of carbonyl (C=O) groups is 1. The molecular weight excluding hydrogens is 216 g/mol. The van der Waals surface area contributed by atoms with Gasteiger partial charge in [-0.05, 0) is 36.6 Å². The van der Waals surface area contributed by atoms with Crippen LogP contribution in [0.15, 0.2) is 12.1 Å². The van der Waals surface area contributed by atoms with Crippen molar-refractivity contribution in [2.24, 2.45) is 5.73 Å². The standard InChI is InChI=1S/C13H20N2O2/c1-9-7-12(17-3)10(2)6-11(9)8-13(16)15-5-4-14/h6-7H,4-5,8,14H2,1-3H3,(H,15,16). The number of hydrogen-bond donors (Lipinski definition) is 2. The summed E-state index contributed by atoms with van der Waals surface area (Å²) in [4.78, 5) is 11.6. The molecule has 0 aliphatic carbocycles. The van der Waals surface area contributed by atoms with Gasteiger partial charge in [-0.25, -0.2) is 0 Å². The van der Waals surface area contributed by atoms with E-state index in [1.54, 1.807) is 7.11 Å². The summed E-state index contributed by atoms with van der Waals surface area (Å²) in [7, 11) is 1.65. The molecule has 0 bridgehead atoms. The summed E-state index contributed by atoms with van der Waals surface area (Å²) >= 11 is 0. The quantitative estimate of drug-likeness (QED) is 0.799. The van der Waals surface area contributed by atoms with Gasteiger partial charge in [-0.2, -0.15) is 0 Å². The first kappa shape index (κ1) is 13.5. The smallest absolute Gasteiger partial charge is 0.224 e. The minimum atomic E-state index is 0.00289. The van der Waals surface area contributed by atoms with E-state index in [1.807, 2.05) is 26.0 Å². The van der Waals surface area contributed by atoms with E-state index in [-0.39, 0.29) is 5.91 Å². The van der Waals surface area contributed by atoms with Gasteiger partial charge in [0.25, 0.3) is 0 Å². The topological polar surface area (TPSA) is 64.3 Å². The molecule has 0 fully saturated rings. The van der Waals surface area contributed by atoms with Gasteiger partial charge in [0.05, 0.1) is 13.5 Å². The summed E-state index contributed by atoms with van der Waals surface area (Å²) < 4.78 is 5.23. The van der Waals surface area contributed by atoms with E-state index in [2.05, 4.69) is 5.32 Å². The number of carbonyl (C=O) groups excluding carboxylic acids is 1. The molecule has 0 radical (unpaired) electrons. The number of hydrogen-bond acceptors (Lipinski definition) is 3. The molecule has 0 saturated heterocycles. The highest BCUT2D eigenvalue weighted by atomic mass is 16.5. The van der Waals surface area contributed by atoms with Crippen molar-refractivity contribution in [3.63, 3.8) is 0 Å². The highest BCUT2D eigenvalue weighted by molar-refractivity contribution is 5.79. The van der Waals surface area contributed by atoms with Crippen LogP contribution in [-0.2, 0) is 11.2 Å². The molecule has 3 N–H and O–H groups in total.